The molecule has 0 aliphatic rings. The lowest BCUT2D eigenvalue weighted by Crippen LogP contribution is -2.23. The maximum Gasteiger partial charge on any atom is 0.191 e. The molecule has 0 saturated carbocycles. The molecule has 0 saturated heterocycles. The van der Waals surface area contributed by atoms with Gasteiger partial charge < -0.3 is 5.32 Å². The van der Waals surface area contributed by atoms with Gasteiger partial charge in [0.25, 0.3) is 0 Å². The summed E-state index contributed by atoms with van der Waals surface area (Å²) in [4.78, 5) is 0. The van der Waals surface area contributed by atoms with Crippen molar-refractivity contribution in [2.24, 2.45) is 5.10 Å². The largest absolute Gasteiger partial charge is 0.331 e. The van der Waals surface area contributed by atoms with E-state index in [-0.39, 0.29) is 0 Å². The zero-order valence-electron chi connectivity index (χ0n) is 10.0. The molecule has 5 heteroatoms. The van der Waals surface area contributed by atoms with Crippen LogP contribution in [0.3, 0.4) is 0 Å². The van der Waals surface area contributed by atoms with Crippen LogP contribution in [0.1, 0.15) is 5.56 Å². The van der Waals surface area contributed by atoms with Crippen molar-refractivity contribution in [1.82, 2.24) is 5.43 Å². The van der Waals surface area contributed by atoms with E-state index in [0.29, 0.717) is 5.11 Å². The summed E-state index contributed by atoms with van der Waals surface area (Å²) in [6.07, 6.45) is 1.72. The molecule has 0 amide bonds. The first kappa shape index (κ1) is 13.7. The van der Waals surface area contributed by atoms with Gasteiger partial charge in [-0.2, -0.15) is 5.10 Å². The van der Waals surface area contributed by atoms with Crippen molar-refractivity contribution in [2.75, 3.05) is 5.32 Å². The molecule has 0 heterocycles. The second-order valence-electron chi connectivity index (χ2n) is 3.74. The lowest BCUT2D eigenvalue weighted by atomic mass is 10.2. The van der Waals surface area contributed by atoms with Crippen molar-refractivity contribution in [2.45, 2.75) is 0 Å². The number of nitrogens with one attached hydrogen (secondary N) is 2. The Balaban J connectivity index is 1.85. The summed E-state index contributed by atoms with van der Waals surface area (Å²) >= 11 is 8.52. The quantitative estimate of drug-likeness (QED) is 0.510. The fourth-order valence-electron chi connectivity index (χ4n) is 1.40. The second-order valence-corrected chi connectivity index (χ2v) is 5.07. The van der Waals surface area contributed by atoms with E-state index in [2.05, 4.69) is 31.8 Å². The van der Waals surface area contributed by atoms with Crippen LogP contribution < -0.4 is 10.7 Å². The summed E-state index contributed by atoms with van der Waals surface area (Å²) in [5.74, 6) is 0. The molecule has 0 aromatic heterocycles. The van der Waals surface area contributed by atoms with Gasteiger partial charge in [-0.05, 0) is 42.0 Å². The first-order valence-electron chi connectivity index (χ1n) is 5.65. The van der Waals surface area contributed by atoms with Gasteiger partial charge in [-0.25, -0.2) is 0 Å². The van der Waals surface area contributed by atoms with E-state index in [9.17, 15) is 0 Å². The van der Waals surface area contributed by atoms with Crippen molar-refractivity contribution in [3.05, 3.63) is 64.6 Å². The topological polar surface area (TPSA) is 36.4 Å². The smallest absolute Gasteiger partial charge is 0.191 e. The Labute approximate surface area is 125 Å². The molecule has 2 aromatic rings. The molecule has 2 N–H and O–H groups in total. The molecule has 0 atom stereocenters. The van der Waals surface area contributed by atoms with Crippen LogP contribution in [-0.2, 0) is 0 Å². The lowest BCUT2D eigenvalue weighted by Gasteiger charge is -2.06. The minimum Gasteiger partial charge on any atom is -0.331 e. The predicted molar refractivity (Wildman–Crippen MR) is 87.5 cm³/mol. The summed E-state index contributed by atoms with van der Waals surface area (Å²) in [6.45, 7) is 0. The SMILES string of the molecule is S=C(N/N=C/c1ccccc1)Nc1ccc(Br)cc1. The first-order chi connectivity index (χ1) is 9.24. The first-order valence-corrected chi connectivity index (χ1v) is 6.85. The standard InChI is InChI=1S/C14H12BrN3S/c15-12-6-8-13(9-7-12)17-14(19)18-16-10-11-4-2-1-3-5-11/h1-10H,(H2,17,18,19)/b16-10+. The number of hydrazone groups is 1. The van der Waals surface area contributed by atoms with Gasteiger partial charge in [0.1, 0.15) is 0 Å². The molecule has 0 fully saturated rings. The zero-order valence-corrected chi connectivity index (χ0v) is 12.4. The van der Waals surface area contributed by atoms with E-state index in [4.69, 9.17) is 12.2 Å². The van der Waals surface area contributed by atoms with Crippen LogP contribution in [0.2, 0.25) is 0 Å². The van der Waals surface area contributed by atoms with Crippen molar-refractivity contribution in [3.63, 3.8) is 0 Å². The zero-order chi connectivity index (χ0) is 13.5. The number of rotatable bonds is 3. The molecular formula is C14H12BrN3S. The number of nitrogens with zero attached hydrogens (tertiary/aromatic N) is 1. The van der Waals surface area contributed by atoms with Gasteiger partial charge in [-0.1, -0.05) is 46.3 Å². The summed E-state index contributed by atoms with van der Waals surface area (Å²) < 4.78 is 1.03. The summed E-state index contributed by atoms with van der Waals surface area (Å²) in [5.41, 5.74) is 4.70. The third-order valence-corrected chi connectivity index (χ3v) is 3.00. The normalized spacial score (nSPS) is 10.4. The van der Waals surface area contributed by atoms with Gasteiger partial charge in [0, 0.05) is 10.2 Å². The molecule has 0 spiro atoms. The fourth-order valence-corrected chi connectivity index (χ4v) is 1.83. The Bertz CT molecular complexity index is 567. The van der Waals surface area contributed by atoms with E-state index in [1.807, 2.05) is 54.6 Å². The van der Waals surface area contributed by atoms with Crippen LogP contribution in [0.5, 0.6) is 0 Å². The Morgan fingerprint density at radius 2 is 1.74 bits per heavy atom. The molecule has 0 radical (unpaired) electrons. The van der Waals surface area contributed by atoms with E-state index >= 15 is 0 Å². The van der Waals surface area contributed by atoms with E-state index < -0.39 is 0 Å². The molecule has 3 nitrogen and oxygen atoms in total. The maximum atomic E-state index is 5.14. The highest BCUT2D eigenvalue weighted by Gasteiger charge is 1.95. The average molecular weight is 334 g/mol. The average Bonchev–Trinajstić information content (AvgIpc) is 2.43. The van der Waals surface area contributed by atoms with Crippen LogP contribution in [0.25, 0.3) is 0 Å². The van der Waals surface area contributed by atoms with Gasteiger partial charge in [0.2, 0.25) is 0 Å². The number of thiocarbonyl (C=S) groups is 1. The van der Waals surface area contributed by atoms with E-state index in [1.165, 1.54) is 0 Å². The highest BCUT2D eigenvalue weighted by atomic mass is 79.9. The molecule has 0 bridgehead atoms. The maximum absolute atomic E-state index is 5.14. The van der Waals surface area contributed by atoms with Crippen molar-refractivity contribution < 1.29 is 0 Å². The second kappa shape index (κ2) is 7.01. The van der Waals surface area contributed by atoms with Crippen LogP contribution in [0, 0.1) is 0 Å². The number of hydrogen-bond donors (Lipinski definition) is 2. The Morgan fingerprint density at radius 1 is 1.05 bits per heavy atom. The summed E-state index contributed by atoms with van der Waals surface area (Å²) in [6, 6.07) is 17.6. The molecule has 2 aromatic carbocycles. The van der Waals surface area contributed by atoms with Crippen molar-refractivity contribution >= 4 is 45.2 Å². The fraction of sp³-hybridized carbons (Fsp3) is 0. The molecule has 2 rings (SSSR count). The number of hydrogen-bond acceptors (Lipinski definition) is 2. The summed E-state index contributed by atoms with van der Waals surface area (Å²) in [7, 11) is 0. The van der Waals surface area contributed by atoms with Gasteiger partial charge in [-0.3, -0.25) is 5.43 Å². The minimum atomic E-state index is 0.453. The number of benzene rings is 2. The van der Waals surface area contributed by atoms with E-state index in [1.54, 1.807) is 6.21 Å². The van der Waals surface area contributed by atoms with Gasteiger partial charge in [0.05, 0.1) is 6.21 Å². The summed E-state index contributed by atoms with van der Waals surface area (Å²) in [5, 5.41) is 7.56. The number of halogens is 1. The highest BCUT2D eigenvalue weighted by Crippen LogP contribution is 2.13. The molecule has 0 aliphatic heterocycles. The molecule has 96 valence electrons. The molecule has 19 heavy (non-hydrogen) atoms. The Morgan fingerprint density at radius 3 is 2.42 bits per heavy atom. The van der Waals surface area contributed by atoms with Crippen molar-refractivity contribution in [3.8, 4) is 0 Å². The Kier molecular flexibility index (Phi) is 5.06. The monoisotopic (exact) mass is 333 g/mol. The van der Waals surface area contributed by atoms with Crippen LogP contribution in [0.4, 0.5) is 5.69 Å². The van der Waals surface area contributed by atoms with E-state index in [0.717, 1.165) is 15.7 Å². The van der Waals surface area contributed by atoms with Crippen LogP contribution in [-0.4, -0.2) is 11.3 Å². The Hall–Kier alpha value is -1.72. The van der Waals surface area contributed by atoms with Crippen LogP contribution in [0.15, 0.2) is 64.2 Å². The van der Waals surface area contributed by atoms with Crippen LogP contribution >= 0.6 is 28.1 Å². The highest BCUT2D eigenvalue weighted by molar-refractivity contribution is 9.10. The third kappa shape index (κ3) is 4.81. The molecular weight excluding hydrogens is 322 g/mol. The number of anilines is 1. The van der Waals surface area contributed by atoms with Gasteiger partial charge in [0.15, 0.2) is 5.11 Å². The van der Waals surface area contributed by atoms with Gasteiger partial charge >= 0.3 is 0 Å². The minimum absolute atomic E-state index is 0.453. The predicted octanol–water partition coefficient (Wildman–Crippen LogP) is 3.77. The molecule has 0 aliphatic carbocycles. The van der Waals surface area contributed by atoms with Gasteiger partial charge in [-0.15, -0.1) is 0 Å². The lowest BCUT2D eigenvalue weighted by molar-refractivity contribution is 1.05. The third-order valence-electron chi connectivity index (χ3n) is 2.28. The van der Waals surface area contributed by atoms with Crippen molar-refractivity contribution in [1.29, 1.82) is 0 Å². The molecule has 0 unspecified atom stereocenters.